The number of hydrogen-bond acceptors (Lipinski definition) is 7. The minimum absolute atomic E-state index is 0.340. The minimum atomic E-state index is -3.57. The summed E-state index contributed by atoms with van der Waals surface area (Å²) in [5.41, 5.74) is 6.54. The first-order valence-electron chi connectivity index (χ1n) is 14.0. The highest BCUT2D eigenvalue weighted by atomic mass is 32.2. The number of benzene rings is 3. The number of nitrogens with zero attached hydrogens (tertiary/aromatic N) is 2. The first kappa shape index (κ1) is 27.3. The van der Waals surface area contributed by atoms with Gasteiger partial charge in [0.15, 0.2) is 0 Å². The van der Waals surface area contributed by atoms with Gasteiger partial charge in [-0.2, -0.15) is 4.98 Å². The van der Waals surface area contributed by atoms with Crippen LogP contribution in [0.15, 0.2) is 71.6 Å². The van der Waals surface area contributed by atoms with Crippen LogP contribution < -0.4 is 21.1 Å². The topological polar surface area (TPSA) is 122 Å². The van der Waals surface area contributed by atoms with E-state index in [0.717, 1.165) is 79.1 Å². The number of nitrogens with one attached hydrogen (secondary N) is 3. The highest BCUT2D eigenvalue weighted by molar-refractivity contribution is 7.89. The Morgan fingerprint density at radius 2 is 1.46 bits per heavy atom. The summed E-state index contributed by atoms with van der Waals surface area (Å²) in [5.74, 6) is 2.33. The Hall–Kier alpha value is -3.27. The van der Waals surface area contributed by atoms with E-state index < -0.39 is 10.0 Å². The first-order valence-corrected chi connectivity index (χ1v) is 15.4. The smallest absolute Gasteiger partial charge is 0.241 e. The molecular weight excluding hydrogens is 508 g/mol. The normalized spacial score (nSPS) is 17.9. The van der Waals surface area contributed by atoms with E-state index >= 15 is 0 Å². The fourth-order valence-electron chi connectivity index (χ4n) is 5.38. The third-order valence-corrected chi connectivity index (χ3v) is 9.12. The summed E-state index contributed by atoms with van der Waals surface area (Å²) in [6.45, 7) is 2.79. The van der Waals surface area contributed by atoms with Crippen LogP contribution in [-0.2, 0) is 10.0 Å². The van der Waals surface area contributed by atoms with Gasteiger partial charge in [-0.05, 0) is 80.5 Å². The van der Waals surface area contributed by atoms with E-state index in [1.165, 1.54) is 0 Å². The second-order valence-electron chi connectivity index (χ2n) is 10.4. The lowest BCUT2D eigenvalue weighted by atomic mass is 9.82. The first-order chi connectivity index (χ1) is 19.0. The summed E-state index contributed by atoms with van der Waals surface area (Å²) < 4.78 is 29.1. The van der Waals surface area contributed by atoms with Crippen molar-refractivity contribution in [3.05, 3.63) is 66.7 Å². The van der Waals surface area contributed by atoms with E-state index in [2.05, 4.69) is 15.4 Å². The molecule has 206 valence electrons. The fraction of sp³-hybridized carbons (Fsp3) is 0.400. The summed E-state index contributed by atoms with van der Waals surface area (Å²) in [4.78, 5) is 9.84. The summed E-state index contributed by atoms with van der Waals surface area (Å²) in [7, 11) is -3.57. The third kappa shape index (κ3) is 6.84. The van der Waals surface area contributed by atoms with Gasteiger partial charge in [0.05, 0.1) is 10.4 Å². The lowest BCUT2D eigenvalue weighted by Crippen LogP contribution is -2.32. The molecular formula is C30H38N6O2S. The summed E-state index contributed by atoms with van der Waals surface area (Å²) >= 11 is 0. The molecule has 4 aromatic rings. The summed E-state index contributed by atoms with van der Waals surface area (Å²) in [5, 5.41) is 9.62. The van der Waals surface area contributed by atoms with Crippen molar-refractivity contribution in [1.29, 1.82) is 0 Å². The van der Waals surface area contributed by atoms with Crippen LogP contribution >= 0.6 is 0 Å². The van der Waals surface area contributed by atoms with Gasteiger partial charge in [0.1, 0.15) is 5.82 Å². The number of fused-ring (bicyclic) bond motifs is 2. The van der Waals surface area contributed by atoms with Gasteiger partial charge in [0.25, 0.3) is 0 Å². The van der Waals surface area contributed by atoms with Gasteiger partial charge in [-0.1, -0.05) is 48.5 Å². The molecule has 1 fully saturated rings. The lowest BCUT2D eigenvalue weighted by Gasteiger charge is -2.28. The Bertz CT molecular complexity index is 1500. The van der Waals surface area contributed by atoms with Crippen LogP contribution in [0.3, 0.4) is 0 Å². The van der Waals surface area contributed by atoms with Gasteiger partial charge in [-0.15, -0.1) is 0 Å². The van der Waals surface area contributed by atoms with Crippen molar-refractivity contribution in [1.82, 2.24) is 14.7 Å². The molecule has 8 nitrogen and oxygen atoms in total. The van der Waals surface area contributed by atoms with Crippen LogP contribution in [0.5, 0.6) is 0 Å². The van der Waals surface area contributed by atoms with E-state index in [1.54, 1.807) is 12.1 Å². The predicted octanol–water partition coefficient (Wildman–Crippen LogP) is 5.13. The quantitative estimate of drug-likeness (QED) is 0.182. The van der Waals surface area contributed by atoms with Crippen molar-refractivity contribution in [2.75, 3.05) is 36.8 Å². The Kier molecular flexibility index (Phi) is 8.91. The van der Waals surface area contributed by atoms with E-state index in [4.69, 9.17) is 15.7 Å². The maximum atomic E-state index is 13.1. The number of anilines is 2. The fourth-order valence-corrected chi connectivity index (χ4v) is 6.72. The van der Waals surface area contributed by atoms with Gasteiger partial charge >= 0.3 is 0 Å². The van der Waals surface area contributed by atoms with Crippen LogP contribution in [0.2, 0.25) is 0 Å². The highest BCUT2D eigenvalue weighted by Crippen LogP contribution is 2.30. The van der Waals surface area contributed by atoms with Crippen molar-refractivity contribution in [2.45, 2.75) is 43.4 Å². The minimum Gasteiger partial charge on any atom is -0.369 e. The van der Waals surface area contributed by atoms with Gasteiger partial charge < -0.3 is 16.4 Å². The van der Waals surface area contributed by atoms with Crippen molar-refractivity contribution >= 4 is 43.5 Å². The number of nitrogens with two attached hydrogens (primary N) is 1. The zero-order valence-electron chi connectivity index (χ0n) is 22.3. The molecule has 5 N–H and O–H groups in total. The molecule has 1 aliphatic rings. The molecule has 0 saturated heterocycles. The summed E-state index contributed by atoms with van der Waals surface area (Å²) in [6, 6.07) is 21.1. The van der Waals surface area contributed by atoms with Crippen molar-refractivity contribution in [2.24, 2.45) is 17.6 Å². The Balaban J connectivity index is 1.13. The molecule has 0 unspecified atom stereocenters. The molecule has 5 rings (SSSR count). The average molecular weight is 547 g/mol. The molecule has 0 amide bonds. The van der Waals surface area contributed by atoms with E-state index in [0.29, 0.717) is 35.8 Å². The van der Waals surface area contributed by atoms with Gasteiger partial charge in [-0.25, -0.2) is 18.1 Å². The van der Waals surface area contributed by atoms with Crippen LogP contribution in [0, 0.1) is 11.8 Å². The maximum absolute atomic E-state index is 13.1. The number of unbranched alkanes of at least 4 members (excludes halogenated alkanes) is 1. The van der Waals surface area contributed by atoms with Gasteiger partial charge in [-0.3, -0.25) is 0 Å². The van der Waals surface area contributed by atoms with E-state index in [-0.39, 0.29) is 0 Å². The molecule has 0 spiro atoms. The molecule has 0 aliphatic heterocycles. The van der Waals surface area contributed by atoms with Crippen molar-refractivity contribution in [3.63, 3.8) is 0 Å². The SMILES string of the molecule is NCCCCNc1nc(NC[C@H]2CC[C@H](CNS(=O)(=O)c3cccc4ccccc34)CC2)nc2ccccc12. The zero-order chi connectivity index (χ0) is 27.1. The standard InChI is InChI=1S/C30H38N6O2S/c31-18-5-6-19-32-29-26-11-3-4-12-27(26)35-30(36-29)33-20-22-14-16-23(17-15-22)21-34-39(37,38)28-13-7-9-24-8-1-2-10-25(24)28/h1-4,7-13,22-23,34H,5-6,14-21,31H2,(H2,32,33,35,36)/t22-,23-. The van der Waals surface area contributed by atoms with E-state index in [9.17, 15) is 8.42 Å². The second-order valence-corrected chi connectivity index (χ2v) is 12.2. The molecule has 9 heteroatoms. The molecule has 0 atom stereocenters. The molecule has 1 aromatic heterocycles. The molecule has 0 bridgehead atoms. The van der Waals surface area contributed by atoms with Crippen molar-refractivity contribution in [3.8, 4) is 0 Å². The number of sulfonamides is 1. The van der Waals surface area contributed by atoms with Crippen LogP contribution in [0.1, 0.15) is 38.5 Å². The number of hydrogen-bond donors (Lipinski definition) is 4. The number of aromatic nitrogens is 2. The van der Waals surface area contributed by atoms with Crippen LogP contribution in [0.25, 0.3) is 21.7 Å². The van der Waals surface area contributed by atoms with E-state index in [1.807, 2.05) is 54.6 Å². The highest BCUT2D eigenvalue weighted by Gasteiger charge is 2.24. The average Bonchev–Trinajstić information content (AvgIpc) is 2.97. The Morgan fingerprint density at radius 3 is 2.26 bits per heavy atom. The predicted molar refractivity (Wildman–Crippen MR) is 159 cm³/mol. The maximum Gasteiger partial charge on any atom is 0.241 e. The molecule has 0 radical (unpaired) electrons. The van der Waals surface area contributed by atoms with Crippen LogP contribution in [0.4, 0.5) is 11.8 Å². The monoisotopic (exact) mass is 546 g/mol. The molecule has 1 heterocycles. The molecule has 39 heavy (non-hydrogen) atoms. The third-order valence-electron chi connectivity index (χ3n) is 7.64. The molecule has 1 saturated carbocycles. The molecule has 1 aliphatic carbocycles. The number of para-hydroxylation sites is 1. The zero-order valence-corrected chi connectivity index (χ0v) is 23.1. The Morgan fingerprint density at radius 1 is 0.769 bits per heavy atom. The Labute approximate surface area is 230 Å². The van der Waals surface area contributed by atoms with Gasteiger partial charge in [0.2, 0.25) is 16.0 Å². The largest absolute Gasteiger partial charge is 0.369 e. The van der Waals surface area contributed by atoms with Gasteiger partial charge in [0, 0.05) is 30.4 Å². The number of rotatable bonds is 12. The molecule has 3 aromatic carbocycles. The van der Waals surface area contributed by atoms with Crippen molar-refractivity contribution < 1.29 is 8.42 Å². The second kappa shape index (κ2) is 12.7. The summed E-state index contributed by atoms with van der Waals surface area (Å²) in [6.07, 6.45) is 6.07. The lowest BCUT2D eigenvalue weighted by molar-refractivity contribution is 0.284. The van der Waals surface area contributed by atoms with Crippen LogP contribution in [-0.4, -0.2) is 44.6 Å².